The fourth-order valence-electron chi connectivity index (χ4n) is 4.03. The van der Waals surface area contributed by atoms with E-state index in [9.17, 15) is 14.3 Å². The molecule has 2 aromatic heterocycles. The fraction of sp³-hybridized carbons (Fsp3) is 0.375. The highest BCUT2D eigenvalue weighted by molar-refractivity contribution is 5.94. The number of fused-ring (bicyclic) bond motifs is 2. The number of hydrogen-bond acceptors (Lipinski definition) is 9. The van der Waals surface area contributed by atoms with Crippen LogP contribution in [0.4, 0.5) is 10.2 Å². The van der Waals surface area contributed by atoms with E-state index < -0.39 is 18.2 Å². The van der Waals surface area contributed by atoms with Crippen LogP contribution in [0.1, 0.15) is 11.3 Å². The number of aromatic nitrogens is 2. The second kappa shape index (κ2) is 10.1. The average molecular weight is 484 g/mol. The Morgan fingerprint density at radius 1 is 1.20 bits per heavy atom. The second-order valence-electron chi connectivity index (χ2n) is 8.32. The summed E-state index contributed by atoms with van der Waals surface area (Å²) in [6.07, 6.45) is -2.02. The second-order valence-corrected chi connectivity index (χ2v) is 8.32. The number of nitrogens with zero attached hydrogens (tertiary/aromatic N) is 2. The van der Waals surface area contributed by atoms with Gasteiger partial charge < -0.3 is 34.7 Å². The van der Waals surface area contributed by atoms with Crippen LogP contribution >= 0.6 is 0 Å². The molecular formula is C24H25FN4O6. The van der Waals surface area contributed by atoms with Crippen molar-refractivity contribution in [1.29, 1.82) is 0 Å². The molecule has 10 nitrogen and oxygen atoms in total. The minimum Gasteiger partial charge on any atom is -0.481 e. The van der Waals surface area contributed by atoms with Gasteiger partial charge >= 0.3 is 0 Å². The summed E-state index contributed by atoms with van der Waals surface area (Å²) in [5, 5.41) is 17.4. The van der Waals surface area contributed by atoms with Gasteiger partial charge in [-0.1, -0.05) is 0 Å². The Kier molecular flexibility index (Phi) is 6.73. The lowest BCUT2D eigenvalue weighted by Crippen LogP contribution is -2.48. The standard InChI is InChI=1S/C24H25FN4O6/c1-32-21-7-3-13-2-5-17(25)16(22(13)29-21)8-18(30)24-34-10-15(11-35-24)26-9-14-4-6-19-23(27-14)28-20(31)12-33-19/h2-7,15,18,24,26,30H,8-12H2,1H3,(H,27,28,31)/t15?,18-,24?/m0/s1. The summed E-state index contributed by atoms with van der Waals surface area (Å²) >= 11 is 0. The topological polar surface area (TPSA) is 124 Å². The highest BCUT2D eigenvalue weighted by Crippen LogP contribution is 2.27. The predicted molar refractivity (Wildman–Crippen MR) is 123 cm³/mol. The normalized spacial score (nSPS) is 20.6. The van der Waals surface area contributed by atoms with Gasteiger partial charge in [-0.05, 0) is 30.3 Å². The van der Waals surface area contributed by atoms with E-state index in [4.69, 9.17) is 18.9 Å². The number of methoxy groups -OCH3 is 1. The van der Waals surface area contributed by atoms with E-state index >= 15 is 0 Å². The van der Waals surface area contributed by atoms with Crippen molar-refractivity contribution in [1.82, 2.24) is 15.3 Å². The van der Waals surface area contributed by atoms with Gasteiger partial charge in [0.05, 0.1) is 37.6 Å². The van der Waals surface area contributed by atoms with Crippen LogP contribution in [0.3, 0.4) is 0 Å². The van der Waals surface area contributed by atoms with Gasteiger partial charge in [-0.25, -0.2) is 14.4 Å². The Hall–Kier alpha value is -3.38. The third kappa shape index (κ3) is 5.17. The molecule has 3 aromatic rings. The summed E-state index contributed by atoms with van der Waals surface area (Å²) in [5.41, 5.74) is 1.42. The lowest BCUT2D eigenvalue weighted by molar-refractivity contribution is -0.230. The Balaban J connectivity index is 1.16. The van der Waals surface area contributed by atoms with Crippen LogP contribution in [0.25, 0.3) is 10.9 Å². The van der Waals surface area contributed by atoms with E-state index in [2.05, 4.69) is 20.6 Å². The molecular weight excluding hydrogens is 459 g/mol. The average Bonchev–Trinajstić information content (AvgIpc) is 2.88. The molecule has 35 heavy (non-hydrogen) atoms. The summed E-state index contributed by atoms with van der Waals surface area (Å²) in [6, 6.07) is 9.91. The van der Waals surface area contributed by atoms with E-state index in [1.165, 1.54) is 13.2 Å². The Morgan fingerprint density at radius 2 is 2.00 bits per heavy atom. The molecule has 1 saturated heterocycles. The lowest BCUT2D eigenvalue weighted by atomic mass is 10.0. The molecule has 0 aliphatic carbocycles. The first-order valence-electron chi connectivity index (χ1n) is 11.2. The van der Waals surface area contributed by atoms with Crippen LogP contribution in [0.5, 0.6) is 11.6 Å². The van der Waals surface area contributed by atoms with Crippen molar-refractivity contribution in [3.63, 3.8) is 0 Å². The highest BCUT2D eigenvalue weighted by Gasteiger charge is 2.29. The number of benzene rings is 1. The first-order valence-corrected chi connectivity index (χ1v) is 11.2. The number of anilines is 1. The van der Waals surface area contributed by atoms with Crippen molar-refractivity contribution >= 4 is 22.6 Å². The maximum atomic E-state index is 14.6. The number of halogens is 1. The number of rotatable bonds is 7. The largest absolute Gasteiger partial charge is 0.481 e. The number of carbonyl (C=O) groups is 1. The van der Waals surface area contributed by atoms with E-state index in [0.29, 0.717) is 35.2 Å². The molecule has 2 aliphatic heterocycles. The zero-order valence-electron chi connectivity index (χ0n) is 19.0. The van der Waals surface area contributed by atoms with Gasteiger partial charge in [-0.3, -0.25) is 4.79 Å². The van der Waals surface area contributed by atoms with Crippen LogP contribution in [0, 0.1) is 5.82 Å². The summed E-state index contributed by atoms with van der Waals surface area (Å²) < 4.78 is 36.5. The quantitative estimate of drug-likeness (QED) is 0.458. The predicted octanol–water partition coefficient (Wildman–Crippen LogP) is 1.54. The van der Waals surface area contributed by atoms with Gasteiger partial charge in [-0.2, -0.15) is 0 Å². The van der Waals surface area contributed by atoms with Crippen LogP contribution in [-0.4, -0.2) is 66.3 Å². The van der Waals surface area contributed by atoms with Crippen molar-refractivity contribution in [3.05, 3.63) is 53.5 Å². The summed E-state index contributed by atoms with van der Waals surface area (Å²) in [4.78, 5) is 20.2. The van der Waals surface area contributed by atoms with Gasteiger partial charge in [0.15, 0.2) is 24.5 Å². The number of aliphatic hydroxyl groups is 1. The molecule has 11 heteroatoms. The fourth-order valence-corrected chi connectivity index (χ4v) is 4.03. The van der Waals surface area contributed by atoms with E-state index in [1.54, 1.807) is 24.3 Å². The van der Waals surface area contributed by atoms with Crippen LogP contribution < -0.4 is 20.1 Å². The molecule has 4 heterocycles. The number of hydrogen-bond donors (Lipinski definition) is 3. The van der Waals surface area contributed by atoms with Crippen molar-refractivity contribution in [2.75, 3.05) is 32.2 Å². The van der Waals surface area contributed by atoms with Gasteiger partial charge in [0, 0.05) is 30.0 Å². The van der Waals surface area contributed by atoms with E-state index in [1.807, 2.05) is 6.07 Å². The molecule has 5 rings (SSSR count). The molecule has 1 fully saturated rings. The maximum absolute atomic E-state index is 14.6. The molecule has 1 amide bonds. The molecule has 0 saturated carbocycles. The van der Waals surface area contributed by atoms with Crippen molar-refractivity contribution in [2.45, 2.75) is 31.4 Å². The monoisotopic (exact) mass is 484 g/mol. The molecule has 1 aromatic carbocycles. The number of nitrogens with one attached hydrogen (secondary N) is 2. The van der Waals surface area contributed by atoms with Crippen molar-refractivity contribution < 1.29 is 33.2 Å². The van der Waals surface area contributed by atoms with Crippen LogP contribution in [0.2, 0.25) is 0 Å². The van der Waals surface area contributed by atoms with Gasteiger partial charge in [0.25, 0.3) is 5.91 Å². The zero-order chi connectivity index (χ0) is 24.4. The molecule has 2 aliphatic rings. The van der Waals surface area contributed by atoms with Gasteiger partial charge in [0.1, 0.15) is 11.9 Å². The summed E-state index contributed by atoms with van der Waals surface area (Å²) in [7, 11) is 1.49. The Labute approximate surface area is 200 Å². The molecule has 0 spiro atoms. The maximum Gasteiger partial charge on any atom is 0.263 e. The molecule has 0 radical (unpaired) electrons. The number of amides is 1. The van der Waals surface area contributed by atoms with Gasteiger partial charge in [-0.15, -0.1) is 0 Å². The molecule has 0 unspecified atom stereocenters. The van der Waals surface area contributed by atoms with Crippen LogP contribution in [0.15, 0.2) is 36.4 Å². The van der Waals surface area contributed by atoms with E-state index in [-0.39, 0.29) is 43.8 Å². The summed E-state index contributed by atoms with van der Waals surface area (Å²) in [5.74, 6) is 0.582. The van der Waals surface area contributed by atoms with Crippen molar-refractivity contribution in [2.24, 2.45) is 0 Å². The number of pyridine rings is 2. The van der Waals surface area contributed by atoms with Crippen LogP contribution in [-0.2, 0) is 27.2 Å². The lowest BCUT2D eigenvalue weighted by Gasteiger charge is -2.32. The summed E-state index contributed by atoms with van der Waals surface area (Å²) in [6.45, 7) is 0.976. The Morgan fingerprint density at radius 3 is 2.80 bits per heavy atom. The SMILES string of the molecule is COc1ccc2ccc(F)c(C[C@H](O)C3OCC(NCc4ccc5c(n4)NC(=O)CO5)CO3)c2n1. The smallest absolute Gasteiger partial charge is 0.263 e. The highest BCUT2D eigenvalue weighted by atomic mass is 19.1. The van der Waals surface area contributed by atoms with E-state index in [0.717, 1.165) is 5.39 Å². The minimum absolute atomic E-state index is 0.0200. The van der Waals surface area contributed by atoms with Gasteiger partial charge in [0.2, 0.25) is 5.88 Å². The third-order valence-corrected chi connectivity index (χ3v) is 5.85. The number of aliphatic hydroxyl groups excluding tert-OH is 1. The molecule has 184 valence electrons. The third-order valence-electron chi connectivity index (χ3n) is 5.85. The molecule has 0 bridgehead atoms. The Bertz CT molecular complexity index is 1230. The molecule has 3 N–H and O–H groups in total. The molecule has 1 atom stereocenters. The zero-order valence-corrected chi connectivity index (χ0v) is 19.0. The number of carbonyl (C=O) groups excluding carboxylic acids is 1. The first-order chi connectivity index (χ1) is 17.0. The van der Waals surface area contributed by atoms with Crippen molar-refractivity contribution in [3.8, 4) is 11.6 Å². The minimum atomic E-state index is -1.09. The number of ether oxygens (including phenoxy) is 4. The first kappa shape index (κ1) is 23.4.